The summed E-state index contributed by atoms with van der Waals surface area (Å²) in [5, 5.41) is 9.45. The molecular weight excluding hydrogens is 528 g/mol. The first-order valence-electron chi connectivity index (χ1n) is 12.3. The Balaban J connectivity index is 1.49. The van der Waals surface area contributed by atoms with Crippen LogP contribution in [0.15, 0.2) is 119 Å². The van der Waals surface area contributed by atoms with Crippen molar-refractivity contribution in [3.05, 3.63) is 120 Å². The molecule has 0 aliphatic carbocycles. The monoisotopic (exact) mass is 556 g/mol. The lowest BCUT2D eigenvalue weighted by molar-refractivity contribution is 0.401. The van der Waals surface area contributed by atoms with E-state index in [4.69, 9.17) is 4.74 Å². The molecule has 0 fully saturated rings. The average Bonchev–Trinajstić information content (AvgIpc) is 3.42. The van der Waals surface area contributed by atoms with E-state index in [0.29, 0.717) is 11.0 Å². The summed E-state index contributed by atoms with van der Waals surface area (Å²) < 4.78 is 36.5. The van der Waals surface area contributed by atoms with Gasteiger partial charge in [0.1, 0.15) is 5.75 Å². The first kappa shape index (κ1) is 26.7. The van der Waals surface area contributed by atoms with Crippen molar-refractivity contribution in [2.24, 2.45) is 0 Å². The van der Waals surface area contributed by atoms with E-state index in [2.05, 4.69) is 10.2 Å². The third kappa shape index (κ3) is 5.90. The van der Waals surface area contributed by atoms with Crippen molar-refractivity contribution in [2.75, 3.05) is 13.4 Å². The minimum absolute atomic E-state index is 0.225. The number of aromatic nitrogens is 3. The second-order valence-electron chi connectivity index (χ2n) is 8.81. The van der Waals surface area contributed by atoms with Crippen molar-refractivity contribution in [3.63, 3.8) is 0 Å². The average molecular weight is 557 g/mol. The van der Waals surface area contributed by atoms with Gasteiger partial charge >= 0.3 is 0 Å². The van der Waals surface area contributed by atoms with E-state index < -0.39 is 10.0 Å². The van der Waals surface area contributed by atoms with Gasteiger partial charge in [-0.25, -0.2) is 8.42 Å². The molecule has 1 aromatic heterocycles. The molecule has 7 nitrogen and oxygen atoms in total. The quantitative estimate of drug-likeness (QED) is 0.195. The van der Waals surface area contributed by atoms with Gasteiger partial charge in [-0.1, -0.05) is 72.4 Å². The van der Waals surface area contributed by atoms with Crippen LogP contribution in [-0.4, -0.2) is 40.9 Å². The van der Waals surface area contributed by atoms with Crippen LogP contribution in [0.5, 0.6) is 5.75 Å². The maximum absolute atomic E-state index is 13.9. The van der Waals surface area contributed by atoms with Gasteiger partial charge in [-0.05, 0) is 65.9 Å². The Hall–Kier alpha value is -3.92. The SMILES string of the molecule is COc1ccc(-c2nnc(SC)n2-c2ccc(S(=O)(=O)N(Cc3ccccc3)Cc3ccccc3)cc2)cc1. The Morgan fingerprint density at radius 1 is 0.769 bits per heavy atom. The maximum Gasteiger partial charge on any atom is 0.243 e. The van der Waals surface area contributed by atoms with E-state index in [9.17, 15) is 8.42 Å². The van der Waals surface area contributed by atoms with Crippen molar-refractivity contribution in [1.82, 2.24) is 19.1 Å². The number of ether oxygens (including phenoxy) is 1. The standard InChI is InChI=1S/C30H28N4O3S2/c1-37-27-17-13-25(14-18-27)29-31-32-30(38-2)34(29)26-15-19-28(20-16-26)39(35,36)33(21-23-9-5-3-6-10-23)22-24-11-7-4-8-12-24/h3-20H,21-22H2,1-2H3. The van der Waals surface area contributed by atoms with Gasteiger partial charge in [0, 0.05) is 24.3 Å². The van der Waals surface area contributed by atoms with E-state index >= 15 is 0 Å². The first-order valence-corrected chi connectivity index (χ1v) is 15.0. The van der Waals surface area contributed by atoms with Crippen molar-refractivity contribution >= 4 is 21.8 Å². The molecule has 39 heavy (non-hydrogen) atoms. The van der Waals surface area contributed by atoms with Gasteiger partial charge in [-0.3, -0.25) is 4.57 Å². The fourth-order valence-corrected chi connectivity index (χ4v) is 6.19. The highest BCUT2D eigenvalue weighted by molar-refractivity contribution is 7.98. The third-order valence-corrected chi connectivity index (χ3v) is 8.74. The summed E-state index contributed by atoms with van der Waals surface area (Å²) in [6.45, 7) is 0.535. The highest BCUT2D eigenvalue weighted by Crippen LogP contribution is 2.29. The number of rotatable bonds is 10. The largest absolute Gasteiger partial charge is 0.497 e. The zero-order chi connectivity index (χ0) is 27.2. The van der Waals surface area contributed by atoms with Crippen molar-refractivity contribution < 1.29 is 13.2 Å². The topological polar surface area (TPSA) is 77.3 Å². The number of benzene rings is 4. The lowest BCUT2D eigenvalue weighted by Gasteiger charge is -2.23. The molecule has 0 atom stereocenters. The van der Waals surface area contributed by atoms with Crippen LogP contribution in [-0.2, 0) is 23.1 Å². The van der Waals surface area contributed by atoms with Crippen LogP contribution in [0.2, 0.25) is 0 Å². The predicted molar refractivity (Wildman–Crippen MR) is 154 cm³/mol. The van der Waals surface area contributed by atoms with Gasteiger partial charge in [0.2, 0.25) is 10.0 Å². The van der Waals surface area contributed by atoms with Gasteiger partial charge in [-0.15, -0.1) is 10.2 Å². The van der Waals surface area contributed by atoms with Crippen LogP contribution in [0.3, 0.4) is 0 Å². The Kier molecular flexibility index (Phi) is 8.11. The number of hydrogen-bond acceptors (Lipinski definition) is 6. The molecule has 0 spiro atoms. The van der Waals surface area contributed by atoms with E-state index in [1.165, 1.54) is 16.1 Å². The third-order valence-electron chi connectivity index (χ3n) is 6.30. The fourth-order valence-electron chi connectivity index (χ4n) is 4.28. The van der Waals surface area contributed by atoms with E-state index in [0.717, 1.165) is 28.1 Å². The summed E-state index contributed by atoms with van der Waals surface area (Å²) in [7, 11) is -2.17. The zero-order valence-electron chi connectivity index (χ0n) is 21.6. The van der Waals surface area contributed by atoms with Crippen LogP contribution in [0.25, 0.3) is 17.1 Å². The molecule has 4 aromatic carbocycles. The molecule has 198 valence electrons. The second-order valence-corrected chi connectivity index (χ2v) is 11.5. The van der Waals surface area contributed by atoms with Gasteiger partial charge < -0.3 is 4.74 Å². The molecule has 0 radical (unpaired) electrons. The molecule has 0 aliphatic heterocycles. The minimum atomic E-state index is -3.79. The van der Waals surface area contributed by atoms with Crippen LogP contribution >= 0.6 is 11.8 Å². The Morgan fingerprint density at radius 3 is 1.85 bits per heavy atom. The number of thioether (sulfide) groups is 1. The Morgan fingerprint density at radius 2 is 1.33 bits per heavy atom. The molecule has 0 unspecified atom stereocenters. The van der Waals surface area contributed by atoms with Gasteiger partial charge in [0.05, 0.1) is 12.0 Å². The highest BCUT2D eigenvalue weighted by atomic mass is 32.2. The zero-order valence-corrected chi connectivity index (χ0v) is 23.3. The summed E-state index contributed by atoms with van der Waals surface area (Å²) in [4.78, 5) is 0.225. The number of methoxy groups -OCH3 is 1. The van der Waals surface area contributed by atoms with Gasteiger partial charge in [-0.2, -0.15) is 4.31 Å². The molecule has 0 aliphatic rings. The van der Waals surface area contributed by atoms with Crippen molar-refractivity contribution in [3.8, 4) is 22.8 Å². The summed E-state index contributed by atoms with van der Waals surface area (Å²) in [6, 6.07) is 33.7. The van der Waals surface area contributed by atoms with Crippen LogP contribution in [0.4, 0.5) is 0 Å². The molecule has 5 aromatic rings. The predicted octanol–water partition coefficient (Wildman–Crippen LogP) is 6.06. The maximum atomic E-state index is 13.9. The minimum Gasteiger partial charge on any atom is -0.497 e. The van der Waals surface area contributed by atoms with Crippen molar-refractivity contribution in [2.45, 2.75) is 23.1 Å². The molecule has 0 saturated heterocycles. The lowest BCUT2D eigenvalue weighted by Crippen LogP contribution is -2.30. The van der Waals surface area contributed by atoms with Gasteiger partial charge in [0.25, 0.3) is 0 Å². The molecule has 5 rings (SSSR count). The molecule has 9 heteroatoms. The van der Waals surface area contributed by atoms with E-state index in [1.807, 2.05) is 95.8 Å². The first-order chi connectivity index (χ1) is 19.0. The molecule has 0 bridgehead atoms. The molecular formula is C30H28N4O3S2. The number of sulfonamides is 1. The fraction of sp³-hybridized carbons (Fsp3) is 0.133. The number of nitrogens with zero attached hydrogens (tertiary/aromatic N) is 4. The highest BCUT2D eigenvalue weighted by Gasteiger charge is 2.25. The lowest BCUT2D eigenvalue weighted by atomic mass is 10.2. The van der Waals surface area contributed by atoms with E-state index in [1.54, 1.807) is 31.4 Å². The van der Waals surface area contributed by atoms with Crippen LogP contribution in [0.1, 0.15) is 11.1 Å². The van der Waals surface area contributed by atoms with Crippen LogP contribution < -0.4 is 4.74 Å². The van der Waals surface area contributed by atoms with E-state index in [-0.39, 0.29) is 18.0 Å². The van der Waals surface area contributed by atoms with Gasteiger partial charge in [0.15, 0.2) is 11.0 Å². The normalized spacial score (nSPS) is 11.6. The molecule has 0 amide bonds. The molecule has 0 saturated carbocycles. The summed E-state index contributed by atoms with van der Waals surface area (Å²) in [5.74, 6) is 1.41. The Bertz CT molecular complexity index is 1580. The van der Waals surface area contributed by atoms with Crippen molar-refractivity contribution in [1.29, 1.82) is 0 Å². The summed E-state index contributed by atoms with van der Waals surface area (Å²) >= 11 is 1.47. The summed E-state index contributed by atoms with van der Waals surface area (Å²) in [5.41, 5.74) is 3.49. The Labute approximate surface area is 233 Å². The summed E-state index contributed by atoms with van der Waals surface area (Å²) in [6.07, 6.45) is 1.93. The molecule has 1 heterocycles. The molecule has 0 N–H and O–H groups in total. The smallest absolute Gasteiger partial charge is 0.243 e. The van der Waals surface area contributed by atoms with Crippen LogP contribution in [0, 0.1) is 0 Å². The number of hydrogen-bond donors (Lipinski definition) is 0. The second kappa shape index (κ2) is 11.9.